The third-order valence-electron chi connectivity index (χ3n) is 2.53. The summed E-state index contributed by atoms with van der Waals surface area (Å²) < 4.78 is 19.4. The number of rotatable bonds is 2. The molecule has 0 bridgehead atoms. The Kier molecular flexibility index (Phi) is 2.91. The van der Waals surface area contributed by atoms with Crippen molar-refractivity contribution < 1.29 is 9.13 Å². The van der Waals surface area contributed by atoms with Crippen LogP contribution in [0, 0.1) is 5.82 Å². The molecule has 2 nitrogen and oxygen atoms in total. The molecule has 1 heterocycles. The van der Waals surface area contributed by atoms with Crippen molar-refractivity contribution in [1.82, 2.24) is 5.32 Å². The highest BCUT2D eigenvalue weighted by atomic mass is 19.1. The predicted molar refractivity (Wildman–Crippen MR) is 57.6 cm³/mol. The van der Waals surface area contributed by atoms with Gasteiger partial charge in [0.25, 0.3) is 0 Å². The molecule has 0 spiro atoms. The molecule has 0 aromatic heterocycles. The molecule has 1 aliphatic rings. The van der Waals surface area contributed by atoms with E-state index in [-0.39, 0.29) is 11.9 Å². The number of nitrogens with one attached hydrogen (secondary N) is 1. The Balaban J connectivity index is 2.34. The summed E-state index contributed by atoms with van der Waals surface area (Å²) in [6, 6.07) is 3.67. The van der Waals surface area contributed by atoms with Crippen LogP contribution in [0.1, 0.15) is 25.0 Å². The van der Waals surface area contributed by atoms with Gasteiger partial charge in [-0.05, 0) is 44.0 Å². The average molecular weight is 209 g/mol. The van der Waals surface area contributed by atoms with E-state index in [1.54, 1.807) is 6.07 Å². The van der Waals surface area contributed by atoms with Crippen LogP contribution < -0.4 is 10.1 Å². The fourth-order valence-corrected chi connectivity index (χ4v) is 1.86. The first-order chi connectivity index (χ1) is 7.18. The maximum atomic E-state index is 14.0. The number of halogens is 1. The lowest BCUT2D eigenvalue weighted by atomic mass is 10.00. The molecule has 1 aromatic rings. The summed E-state index contributed by atoms with van der Waals surface area (Å²) in [5.41, 5.74) is 1.86. The third-order valence-corrected chi connectivity index (χ3v) is 2.53. The summed E-state index contributed by atoms with van der Waals surface area (Å²) in [5.74, 6) is 0.202. The molecule has 1 N–H and O–H groups in total. The topological polar surface area (TPSA) is 21.3 Å². The van der Waals surface area contributed by atoms with Crippen molar-refractivity contribution in [3.05, 3.63) is 29.1 Å². The van der Waals surface area contributed by atoms with Crippen LogP contribution in [0.4, 0.5) is 4.39 Å². The molecular weight excluding hydrogens is 193 g/mol. The molecule has 0 atom stereocenters. The highest BCUT2D eigenvalue weighted by Gasteiger charge is 2.17. The first-order valence-electron chi connectivity index (χ1n) is 5.36. The lowest BCUT2D eigenvalue weighted by Crippen LogP contribution is -2.24. The van der Waals surface area contributed by atoms with E-state index in [9.17, 15) is 4.39 Å². The van der Waals surface area contributed by atoms with E-state index in [0.29, 0.717) is 5.75 Å². The van der Waals surface area contributed by atoms with E-state index >= 15 is 0 Å². The van der Waals surface area contributed by atoms with E-state index in [0.717, 1.165) is 30.6 Å². The first kappa shape index (κ1) is 10.4. The monoisotopic (exact) mass is 209 g/mol. The van der Waals surface area contributed by atoms with Crippen molar-refractivity contribution in [3.63, 3.8) is 0 Å². The zero-order chi connectivity index (χ0) is 10.8. The van der Waals surface area contributed by atoms with Crippen molar-refractivity contribution >= 4 is 0 Å². The fraction of sp³-hybridized carbons (Fsp3) is 0.500. The van der Waals surface area contributed by atoms with Crippen LogP contribution in [-0.4, -0.2) is 12.6 Å². The minimum absolute atomic E-state index is 0.0132. The quantitative estimate of drug-likeness (QED) is 0.806. The Morgan fingerprint density at radius 3 is 2.93 bits per heavy atom. The molecule has 3 heteroatoms. The fourth-order valence-electron chi connectivity index (χ4n) is 1.86. The molecule has 15 heavy (non-hydrogen) atoms. The number of hydrogen-bond donors (Lipinski definition) is 1. The van der Waals surface area contributed by atoms with Gasteiger partial charge in [0.1, 0.15) is 0 Å². The van der Waals surface area contributed by atoms with Crippen molar-refractivity contribution in [2.24, 2.45) is 0 Å². The summed E-state index contributed by atoms with van der Waals surface area (Å²) in [6.07, 6.45) is 0.760. The molecule has 1 aromatic carbocycles. The second kappa shape index (κ2) is 4.19. The molecule has 82 valence electrons. The molecule has 1 aliphatic heterocycles. The number of ether oxygens (including phenoxy) is 1. The molecule has 0 amide bonds. The molecule has 2 rings (SSSR count). The Bertz CT molecular complexity index is 363. The Hall–Kier alpha value is -1.09. The van der Waals surface area contributed by atoms with E-state index in [2.05, 4.69) is 5.32 Å². The smallest absolute Gasteiger partial charge is 0.168 e. The number of fused-ring (bicyclic) bond motifs is 1. The molecule has 0 saturated heterocycles. The van der Waals surface area contributed by atoms with Crippen LogP contribution in [0.25, 0.3) is 0 Å². The number of benzene rings is 1. The van der Waals surface area contributed by atoms with Gasteiger partial charge in [0, 0.05) is 6.54 Å². The normalized spacial score (nSPS) is 15.2. The molecule has 0 fully saturated rings. The molecule has 0 aliphatic carbocycles. The van der Waals surface area contributed by atoms with Crippen LogP contribution in [0.15, 0.2) is 12.1 Å². The van der Waals surface area contributed by atoms with Crippen LogP contribution in [0.2, 0.25) is 0 Å². The van der Waals surface area contributed by atoms with Gasteiger partial charge < -0.3 is 10.1 Å². The van der Waals surface area contributed by atoms with Gasteiger partial charge in [-0.15, -0.1) is 0 Å². The number of hydrogen-bond acceptors (Lipinski definition) is 2. The Morgan fingerprint density at radius 2 is 2.20 bits per heavy atom. The third kappa shape index (κ3) is 2.12. The van der Waals surface area contributed by atoms with Gasteiger partial charge >= 0.3 is 0 Å². The Morgan fingerprint density at radius 1 is 1.40 bits per heavy atom. The van der Waals surface area contributed by atoms with Crippen molar-refractivity contribution in [3.8, 4) is 5.75 Å². The van der Waals surface area contributed by atoms with Crippen LogP contribution in [0.5, 0.6) is 5.75 Å². The minimum Gasteiger partial charge on any atom is -0.488 e. The van der Waals surface area contributed by atoms with Crippen molar-refractivity contribution in [2.45, 2.75) is 32.9 Å². The highest BCUT2D eigenvalue weighted by Crippen LogP contribution is 2.26. The summed E-state index contributed by atoms with van der Waals surface area (Å²) in [4.78, 5) is 0. The summed E-state index contributed by atoms with van der Waals surface area (Å²) in [6.45, 7) is 5.41. The SMILES string of the molecule is CC(C)Oc1ccc2c(c1F)CCNC2. The van der Waals surface area contributed by atoms with Gasteiger partial charge in [-0.2, -0.15) is 0 Å². The van der Waals surface area contributed by atoms with Gasteiger partial charge in [0.2, 0.25) is 0 Å². The zero-order valence-corrected chi connectivity index (χ0v) is 9.14. The molecule has 0 saturated carbocycles. The van der Waals surface area contributed by atoms with Crippen molar-refractivity contribution in [2.75, 3.05) is 6.54 Å². The lowest BCUT2D eigenvalue weighted by Gasteiger charge is -2.20. The van der Waals surface area contributed by atoms with E-state index in [1.165, 1.54) is 0 Å². The zero-order valence-electron chi connectivity index (χ0n) is 9.14. The maximum absolute atomic E-state index is 14.0. The van der Waals surface area contributed by atoms with E-state index in [1.807, 2.05) is 19.9 Å². The maximum Gasteiger partial charge on any atom is 0.168 e. The van der Waals surface area contributed by atoms with E-state index < -0.39 is 0 Å². The Labute approximate surface area is 89.4 Å². The van der Waals surface area contributed by atoms with Gasteiger partial charge in [-0.3, -0.25) is 0 Å². The largest absolute Gasteiger partial charge is 0.488 e. The summed E-state index contributed by atoms with van der Waals surface area (Å²) in [7, 11) is 0. The van der Waals surface area contributed by atoms with Crippen LogP contribution in [-0.2, 0) is 13.0 Å². The second-order valence-electron chi connectivity index (χ2n) is 4.11. The van der Waals surface area contributed by atoms with Gasteiger partial charge in [0.05, 0.1) is 6.10 Å². The predicted octanol–water partition coefficient (Wildman–Crippen LogP) is 2.26. The van der Waals surface area contributed by atoms with Crippen molar-refractivity contribution in [1.29, 1.82) is 0 Å². The van der Waals surface area contributed by atoms with Gasteiger partial charge in [-0.1, -0.05) is 6.07 Å². The second-order valence-corrected chi connectivity index (χ2v) is 4.11. The first-order valence-corrected chi connectivity index (χ1v) is 5.36. The standard InChI is InChI=1S/C12H16FNO/c1-8(2)15-11-4-3-9-7-14-6-5-10(9)12(11)13/h3-4,8,14H,5-7H2,1-2H3. The summed E-state index contributed by atoms with van der Waals surface area (Å²) in [5, 5.41) is 3.22. The highest BCUT2D eigenvalue weighted by molar-refractivity contribution is 5.39. The van der Waals surface area contributed by atoms with Crippen LogP contribution >= 0.6 is 0 Å². The van der Waals surface area contributed by atoms with Gasteiger partial charge in [-0.25, -0.2) is 4.39 Å². The molecule has 0 radical (unpaired) electrons. The lowest BCUT2D eigenvalue weighted by molar-refractivity contribution is 0.230. The average Bonchev–Trinajstić information content (AvgIpc) is 2.22. The minimum atomic E-state index is -0.178. The van der Waals surface area contributed by atoms with Gasteiger partial charge in [0.15, 0.2) is 11.6 Å². The molecular formula is C12H16FNO. The van der Waals surface area contributed by atoms with Crippen LogP contribution in [0.3, 0.4) is 0 Å². The molecule has 0 unspecified atom stereocenters. The summed E-state index contributed by atoms with van der Waals surface area (Å²) >= 11 is 0. The van der Waals surface area contributed by atoms with E-state index in [4.69, 9.17) is 4.74 Å².